The van der Waals surface area contributed by atoms with Crippen molar-refractivity contribution in [2.24, 2.45) is 20.4 Å². The zero-order valence-corrected chi connectivity index (χ0v) is 33.8. The molecule has 0 aliphatic carbocycles. The first kappa shape index (κ1) is 45.3. The van der Waals surface area contributed by atoms with E-state index in [2.05, 4.69) is 67.4 Å². The molecule has 5 aromatic rings. The Labute approximate surface area is 348 Å². The van der Waals surface area contributed by atoms with Gasteiger partial charge in [-0.1, -0.05) is 84.9 Å². The van der Waals surface area contributed by atoms with E-state index in [0.29, 0.717) is 6.35 Å². The van der Waals surface area contributed by atoms with Crippen molar-refractivity contribution in [2.45, 2.75) is 0 Å². The van der Waals surface area contributed by atoms with Crippen LogP contribution in [0.2, 0.25) is 0 Å². The molecule has 7 nitrogen and oxygen atoms in total. The van der Waals surface area contributed by atoms with Crippen LogP contribution in [0.1, 0.15) is 11.1 Å². The van der Waals surface area contributed by atoms with Crippen LogP contribution in [0, 0.1) is 29.1 Å². The van der Waals surface area contributed by atoms with Gasteiger partial charge < -0.3 is 57.6 Å². The van der Waals surface area contributed by atoms with Gasteiger partial charge in [-0.25, -0.2) is 22.0 Å². The second-order valence-corrected chi connectivity index (χ2v) is 15.2. The molecule has 0 saturated heterocycles. The Morgan fingerprint density at radius 2 is 0.982 bits per heavy atom. The van der Waals surface area contributed by atoms with Gasteiger partial charge in [-0.05, 0) is 46.7 Å². The van der Waals surface area contributed by atoms with Crippen molar-refractivity contribution in [1.82, 2.24) is 10.6 Å². The molecule has 5 rings (SSSR count). The van der Waals surface area contributed by atoms with Gasteiger partial charge in [0.1, 0.15) is 34.6 Å². The quantitative estimate of drug-likeness (QED) is 0.0182. The first-order valence-electron chi connectivity index (χ1n) is 16.0. The third kappa shape index (κ3) is 10.8. The Kier molecular flexibility index (Phi) is 18.0. The summed E-state index contributed by atoms with van der Waals surface area (Å²) >= 11 is 10.3. The van der Waals surface area contributed by atoms with Gasteiger partial charge in [-0.2, -0.15) is 10.2 Å². The summed E-state index contributed by atoms with van der Waals surface area (Å²) in [4.78, 5) is 0. The fourth-order valence-corrected chi connectivity index (χ4v) is 9.26. The van der Waals surface area contributed by atoms with Crippen molar-refractivity contribution in [3.63, 3.8) is 0 Å². The Morgan fingerprint density at radius 1 is 0.582 bits per heavy atom. The molecule has 0 unspecified atom stereocenters. The summed E-state index contributed by atoms with van der Waals surface area (Å²) in [6.07, 6.45) is 0.382. The zero-order chi connectivity index (χ0) is 37.8. The molecule has 5 aromatic carbocycles. The smallest absolute Gasteiger partial charge is 1.00 e. The molecule has 0 aromatic heterocycles. The van der Waals surface area contributed by atoms with E-state index < -0.39 is 53.3 Å². The fourth-order valence-electron chi connectivity index (χ4n) is 5.29. The van der Waals surface area contributed by atoms with E-state index in [1.54, 1.807) is 18.2 Å². The number of nitrogens with one attached hydrogen (secondary N) is 2. The van der Waals surface area contributed by atoms with Crippen LogP contribution in [0.3, 0.4) is 0 Å². The molecular weight excluding hydrogens is 890 g/mol. The van der Waals surface area contributed by atoms with Crippen LogP contribution in [-0.4, -0.2) is 48.3 Å². The largest absolute Gasteiger partial charge is 2.00 e. The number of nitrogens with zero attached hydrogens (tertiary/aromatic N) is 4. The minimum atomic E-state index is -2.34. The fraction of sp³-hybridized carbons (Fsp3) is 0.105. The molecular formula is C38H31BrCuF5N6OPS2. The maximum Gasteiger partial charge on any atom is 2.00 e. The summed E-state index contributed by atoms with van der Waals surface area (Å²) in [5.74, 6) is -11.0. The van der Waals surface area contributed by atoms with Crippen LogP contribution < -0.4 is 43.5 Å². The van der Waals surface area contributed by atoms with Gasteiger partial charge in [0.05, 0.1) is 12.2 Å². The van der Waals surface area contributed by atoms with Gasteiger partial charge in [0, 0.05) is 19.2 Å². The molecule has 0 saturated carbocycles. The predicted molar refractivity (Wildman–Crippen MR) is 208 cm³/mol. The molecule has 55 heavy (non-hydrogen) atoms. The number of rotatable bonds is 13. The average Bonchev–Trinajstić information content (AvgIpc) is 3.20. The number of ether oxygens (including phenoxy) is 1. The maximum absolute atomic E-state index is 15.2. The first-order valence-corrected chi connectivity index (χ1v) is 18.7. The molecule has 0 spiro atoms. The van der Waals surface area contributed by atoms with Crippen LogP contribution in [0.4, 0.5) is 22.0 Å². The molecule has 0 amide bonds. The Balaban J connectivity index is 0.00000406. The summed E-state index contributed by atoms with van der Waals surface area (Å²) < 4.78 is 79.4. The number of benzene rings is 5. The zero-order valence-electron chi connectivity index (χ0n) is 28.7. The van der Waals surface area contributed by atoms with Crippen LogP contribution in [0.25, 0.3) is 0 Å². The number of hydrogen-bond acceptors (Lipinski definition) is 7. The van der Waals surface area contributed by atoms with E-state index in [1.807, 2.05) is 54.6 Å². The maximum atomic E-state index is 15.2. The number of amidine groups is 2. The molecule has 0 bridgehead atoms. The second-order valence-electron chi connectivity index (χ2n) is 11.0. The summed E-state index contributed by atoms with van der Waals surface area (Å²) in [7, 11) is -0.850. The summed E-state index contributed by atoms with van der Waals surface area (Å²) in [6.45, 7) is 0.401. The van der Waals surface area contributed by atoms with E-state index in [0.717, 1.165) is 15.9 Å². The van der Waals surface area contributed by atoms with Crippen molar-refractivity contribution in [3.05, 3.63) is 162 Å². The Morgan fingerprint density at radius 3 is 1.44 bits per heavy atom. The first-order chi connectivity index (χ1) is 25.7. The van der Waals surface area contributed by atoms with Gasteiger partial charge in [-0.3, -0.25) is 0 Å². The van der Waals surface area contributed by atoms with Crippen molar-refractivity contribution >= 4 is 70.2 Å². The Bertz CT molecular complexity index is 2020. The third-order valence-corrected chi connectivity index (χ3v) is 12.4. The molecule has 289 valence electrons. The van der Waals surface area contributed by atoms with Gasteiger partial charge in [0.25, 0.3) is 0 Å². The molecule has 1 radical (unpaired) electrons. The van der Waals surface area contributed by atoms with E-state index in [-0.39, 0.29) is 63.1 Å². The summed E-state index contributed by atoms with van der Waals surface area (Å²) in [6, 6.07) is 38.3. The van der Waals surface area contributed by atoms with Gasteiger partial charge in [-0.15, -0.1) is 10.2 Å². The molecule has 17 heteroatoms. The topological polar surface area (TPSA) is 82.7 Å². The minimum Gasteiger partial charge on any atom is -1.00 e. The van der Waals surface area contributed by atoms with Gasteiger partial charge in [0.15, 0.2) is 29.6 Å². The molecule has 0 heterocycles. The summed E-state index contributed by atoms with van der Waals surface area (Å²) in [5.41, 5.74) is -2.46. The summed E-state index contributed by atoms with van der Waals surface area (Å²) in [5, 5.41) is 23.9. The van der Waals surface area contributed by atoms with Crippen molar-refractivity contribution in [1.29, 1.82) is 0 Å². The van der Waals surface area contributed by atoms with E-state index >= 15 is 8.78 Å². The standard InChI is InChI=1S/C38H32F5N6OPS2.BrH.Cu/c1-44-37(52)48-47-36(29-30(39)32(41)34(43)33(42)31(29)40)35(25-14-6-2-7-15-25)46-49-38(53)45-22-23-50-24-51(26-16-8-3-9-17-26,27-18-10-4-11-19-27)28-20-12-5-13-21-28;;/h2-21H,22-24H2,1H3,(H3-,44,45,46,47,48,49,52,53);1H;/q;;+2/p-2. The second kappa shape index (κ2) is 21.8. The molecule has 0 aliphatic rings. The van der Waals surface area contributed by atoms with E-state index in [1.165, 1.54) is 19.2 Å². The normalized spacial score (nSPS) is 12.4. The van der Waals surface area contributed by atoms with Crippen LogP contribution in [0.5, 0.6) is 0 Å². The van der Waals surface area contributed by atoms with Crippen molar-refractivity contribution in [2.75, 3.05) is 26.5 Å². The third-order valence-electron chi connectivity index (χ3n) is 7.81. The van der Waals surface area contributed by atoms with Crippen LogP contribution >= 0.6 is 7.26 Å². The Hall–Kier alpha value is -4.14. The van der Waals surface area contributed by atoms with E-state index in [4.69, 9.17) is 30.0 Å². The van der Waals surface area contributed by atoms with Gasteiger partial charge >= 0.3 is 17.1 Å². The average molecular weight is 921 g/mol. The van der Waals surface area contributed by atoms with Gasteiger partial charge in [0.2, 0.25) is 5.82 Å². The van der Waals surface area contributed by atoms with Crippen molar-refractivity contribution < 1.29 is 60.7 Å². The predicted octanol–water partition coefficient (Wildman–Crippen LogP) is 3.08. The molecule has 0 atom stereocenters. The molecule has 0 aliphatic heterocycles. The minimum absolute atomic E-state index is 0. The van der Waals surface area contributed by atoms with Crippen LogP contribution in [0.15, 0.2) is 142 Å². The monoisotopic (exact) mass is 919 g/mol. The molecule has 2 N–H and O–H groups in total. The van der Waals surface area contributed by atoms with Crippen molar-refractivity contribution in [3.8, 4) is 0 Å². The molecule has 0 fully saturated rings. The van der Waals surface area contributed by atoms with E-state index in [9.17, 15) is 13.2 Å². The number of hydrogen-bond donors (Lipinski definition) is 2. The number of halogens is 6. The van der Waals surface area contributed by atoms with Crippen LogP contribution in [-0.2, 0) is 47.1 Å². The SMILES string of the molecule is CNC([S-])=NN=C(C(=NN=C([S-])NCCOC[P+](c1ccccc1)(c1ccccc1)c1ccccc1)c1ccccc1)c1c(F)c(F)c(F)c(F)c1F.[Br-].[Cu+2].